The molecule has 128 valence electrons. The number of hydrogen-bond donors (Lipinski definition) is 1. The van der Waals surface area contributed by atoms with E-state index in [1.807, 2.05) is 0 Å². The van der Waals surface area contributed by atoms with Gasteiger partial charge in [0.05, 0.1) is 11.0 Å². The lowest BCUT2D eigenvalue weighted by molar-refractivity contribution is -0.385. The molecule has 2 aliphatic rings. The molecule has 1 aliphatic heterocycles. The highest BCUT2D eigenvalue weighted by molar-refractivity contribution is 5.96. The van der Waals surface area contributed by atoms with E-state index in [4.69, 9.17) is 14.2 Å². The molecule has 9 heteroatoms. The minimum Gasteiger partial charge on any atom is -0.486 e. The number of benzene rings is 1. The van der Waals surface area contributed by atoms with Crippen LogP contribution in [0.15, 0.2) is 12.1 Å². The third kappa shape index (κ3) is 3.39. The van der Waals surface area contributed by atoms with E-state index in [9.17, 15) is 19.7 Å². The Balaban J connectivity index is 1.79. The molecular weight excluding hydrogens is 320 g/mol. The molecule has 0 saturated heterocycles. The Labute approximate surface area is 137 Å². The van der Waals surface area contributed by atoms with Gasteiger partial charge >= 0.3 is 5.97 Å². The molecule has 0 unspecified atom stereocenters. The van der Waals surface area contributed by atoms with Crippen molar-refractivity contribution in [2.75, 3.05) is 13.2 Å². The van der Waals surface area contributed by atoms with Crippen LogP contribution in [0.4, 0.5) is 5.69 Å². The smallest absolute Gasteiger partial charge is 0.346 e. The summed E-state index contributed by atoms with van der Waals surface area (Å²) in [6.07, 6.45) is 0.756. The van der Waals surface area contributed by atoms with Gasteiger partial charge in [0.15, 0.2) is 17.6 Å². The van der Waals surface area contributed by atoms with E-state index in [2.05, 4.69) is 5.32 Å². The normalized spacial score (nSPS) is 16.9. The second kappa shape index (κ2) is 6.34. The number of nitrogens with one attached hydrogen (secondary N) is 1. The molecule has 1 saturated carbocycles. The van der Waals surface area contributed by atoms with Crippen LogP contribution in [0.1, 0.15) is 30.1 Å². The Kier molecular flexibility index (Phi) is 4.24. The molecule has 0 bridgehead atoms. The molecule has 1 N–H and O–H groups in total. The highest BCUT2D eigenvalue weighted by Gasteiger charge is 2.31. The van der Waals surface area contributed by atoms with Gasteiger partial charge in [-0.05, 0) is 19.8 Å². The number of carbonyl (C=O) groups is 2. The van der Waals surface area contributed by atoms with Crippen molar-refractivity contribution in [1.29, 1.82) is 0 Å². The number of nitro benzene ring substituents is 1. The fourth-order valence-electron chi connectivity index (χ4n) is 2.22. The maximum Gasteiger partial charge on any atom is 0.346 e. The van der Waals surface area contributed by atoms with Crippen molar-refractivity contribution in [2.45, 2.75) is 31.9 Å². The Morgan fingerprint density at radius 3 is 2.50 bits per heavy atom. The number of rotatable bonds is 5. The Hall–Kier alpha value is -2.84. The minimum absolute atomic E-state index is 0.127. The van der Waals surface area contributed by atoms with E-state index < -0.39 is 28.6 Å². The number of nitro groups is 1. The SMILES string of the molecule is C[C@@H](OC(=O)c1cc2c(cc1[N+](=O)[O-])OCCO2)C(=O)NC1CC1. The summed E-state index contributed by atoms with van der Waals surface area (Å²) in [5, 5.41) is 13.9. The van der Waals surface area contributed by atoms with Crippen molar-refractivity contribution < 1.29 is 28.7 Å². The van der Waals surface area contributed by atoms with Crippen LogP contribution in [0.3, 0.4) is 0 Å². The summed E-state index contributed by atoms with van der Waals surface area (Å²) in [7, 11) is 0. The number of amides is 1. The lowest BCUT2D eigenvalue weighted by Crippen LogP contribution is -2.37. The number of fused-ring (bicyclic) bond motifs is 1. The van der Waals surface area contributed by atoms with E-state index >= 15 is 0 Å². The molecule has 1 heterocycles. The first-order valence-electron chi connectivity index (χ1n) is 7.55. The maximum absolute atomic E-state index is 12.3. The Morgan fingerprint density at radius 2 is 1.92 bits per heavy atom. The lowest BCUT2D eigenvalue weighted by atomic mass is 10.1. The highest BCUT2D eigenvalue weighted by atomic mass is 16.6. The van der Waals surface area contributed by atoms with Crippen molar-refractivity contribution in [3.05, 3.63) is 27.8 Å². The van der Waals surface area contributed by atoms with Gasteiger partial charge in [-0.1, -0.05) is 0 Å². The van der Waals surface area contributed by atoms with Gasteiger partial charge in [0.1, 0.15) is 18.8 Å². The zero-order chi connectivity index (χ0) is 17.3. The van der Waals surface area contributed by atoms with Crippen molar-refractivity contribution >= 4 is 17.6 Å². The molecule has 0 radical (unpaired) electrons. The molecule has 1 fully saturated rings. The zero-order valence-electron chi connectivity index (χ0n) is 12.9. The number of carbonyl (C=O) groups excluding carboxylic acids is 2. The van der Waals surface area contributed by atoms with Crippen LogP contribution in [0.5, 0.6) is 11.5 Å². The summed E-state index contributed by atoms with van der Waals surface area (Å²) in [4.78, 5) is 34.6. The fourth-order valence-corrected chi connectivity index (χ4v) is 2.22. The molecular formula is C15H16N2O7. The predicted octanol–water partition coefficient (Wildman–Crippen LogP) is 1.19. The average Bonchev–Trinajstić information content (AvgIpc) is 3.37. The maximum atomic E-state index is 12.3. The monoisotopic (exact) mass is 336 g/mol. The van der Waals surface area contributed by atoms with Crippen LogP contribution in [0.25, 0.3) is 0 Å². The molecule has 1 atom stereocenters. The largest absolute Gasteiger partial charge is 0.486 e. The third-order valence-corrected chi connectivity index (χ3v) is 3.65. The number of hydrogen-bond acceptors (Lipinski definition) is 7. The van der Waals surface area contributed by atoms with Crippen LogP contribution < -0.4 is 14.8 Å². The van der Waals surface area contributed by atoms with Crippen LogP contribution in [-0.4, -0.2) is 42.2 Å². The van der Waals surface area contributed by atoms with Gasteiger partial charge in [-0.3, -0.25) is 14.9 Å². The summed E-state index contributed by atoms with van der Waals surface area (Å²) in [6, 6.07) is 2.46. The number of ether oxygens (including phenoxy) is 3. The first-order chi connectivity index (χ1) is 11.5. The lowest BCUT2D eigenvalue weighted by Gasteiger charge is -2.19. The molecule has 1 aliphatic carbocycles. The van der Waals surface area contributed by atoms with Crippen LogP contribution in [0, 0.1) is 10.1 Å². The third-order valence-electron chi connectivity index (χ3n) is 3.65. The first kappa shape index (κ1) is 16.0. The highest BCUT2D eigenvalue weighted by Crippen LogP contribution is 2.37. The summed E-state index contributed by atoms with van der Waals surface area (Å²) < 4.78 is 15.7. The molecule has 1 aromatic rings. The van der Waals surface area contributed by atoms with Gasteiger partial charge in [-0.2, -0.15) is 0 Å². The van der Waals surface area contributed by atoms with Crippen LogP contribution in [0.2, 0.25) is 0 Å². The van der Waals surface area contributed by atoms with E-state index in [-0.39, 0.29) is 36.3 Å². The molecule has 1 amide bonds. The summed E-state index contributed by atoms with van der Waals surface area (Å²) in [5.41, 5.74) is -0.741. The van der Waals surface area contributed by atoms with E-state index in [0.29, 0.717) is 0 Å². The zero-order valence-corrected chi connectivity index (χ0v) is 12.9. The topological polar surface area (TPSA) is 117 Å². The fraction of sp³-hybridized carbons (Fsp3) is 0.467. The summed E-state index contributed by atoms with van der Waals surface area (Å²) >= 11 is 0. The summed E-state index contributed by atoms with van der Waals surface area (Å²) in [6.45, 7) is 1.96. The van der Waals surface area contributed by atoms with Gasteiger partial charge in [-0.15, -0.1) is 0 Å². The van der Waals surface area contributed by atoms with Crippen molar-refractivity contribution in [2.24, 2.45) is 0 Å². The molecule has 0 aromatic heterocycles. The number of nitrogens with zero attached hydrogens (tertiary/aromatic N) is 1. The number of esters is 1. The van der Waals surface area contributed by atoms with E-state index in [0.717, 1.165) is 18.9 Å². The molecule has 0 spiro atoms. The standard InChI is InChI=1S/C15H16N2O7/c1-8(14(18)16-9-2-3-9)24-15(19)10-6-12-13(23-5-4-22-12)7-11(10)17(20)21/h6-9H,2-5H2,1H3,(H,16,18)/t8-/m1/s1. The van der Waals surface area contributed by atoms with Crippen molar-refractivity contribution in [1.82, 2.24) is 5.32 Å². The van der Waals surface area contributed by atoms with Gasteiger partial charge in [0.2, 0.25) is 0 Å². The van der Waals surface area contributed by atoms with Gasteiger partial charge in [0.25, 0.3) is 11.6 Å². The Bertz CT molecular complexity index is 699. The van der Waals surface area contributed by atoms with Crippen molar-refractivity contribution in [3.8, 4) is 11.5 Å². The first-order valence-corrected chi connectivity index (χ1v) is 7.55. The average molecular weight is 336 g/mol. The Morgan fingerprint density at radius 1 is 1.29 bits per heavy atom. The van der Waals surface area contributed by atoms with Gasteiger partial charge in [0, 0.05) is 12.1 Å². The van der Waals surface area contributed by atoms with E-state index in [1.54, 1.807) is 0 Å². The van der Waals surface area contributed by atoms with Gasteiger partial charge in [-0.25, -0.2) is 4.79 Å². The molecule has 1 aromatic carbocycles. The summed E-state index contributed by atoms with van der Waals surface area (Å²) in [5.74, 6) is -0.957. The molecule has 9 nitrogen and oxygen atoms in total. The van der Waals surface area contributed by atoms with Crippen LogP contribution >= 0.6 is 0 Å². The minimum atomic E-state index is -1.05. The van der Waals surface area contributed by atoms with Crippen molar-refractivity contribution in [3.63, 3.8) is 0 Å². The second-order valence-corrected chi connectivity index (χ2v) is 5.60. The quantitative estimate of drug-likeness (QED) is 0.487. The predicted molar refractivity (Wildman–Crippen MR) is 80.1 cm³/mol. The van der Waals surface area contributed by atoms with Crippen LogP contribution in [-0.2, 0) is 9.53 Å². The van der Waals surface area contributed by atoms with E-state index in [1.165, 1.54) is 13.0 Å². The second-order valence-electron chi connectivity index (χ2n) is 5.60. The molecule has 24 heavy (non-hydrogen) atoms. The van der Waals surface area contributed by atoms with Gasteiger partial charge < -0.3 is 19.5 Å². The molecule has 3 rings (SSSR count).